The molecular weight excluding hydrogens is 230 g/mol. The zero-order valence-electron chi connectivity index (χ0n) is 9.70. The highest BCUT2D eigenvalue weighted by atomic mass is 35.5. The normalized spacial score (nSPS) is 13.6. The number of hydrogen-bond acceptors (Lipinski definition) is 0. The van der Waals surface area contributed by atoms with Crippen LogP contribution >= 0.6 is 0 Å². The highest BCUT2D eigenvalue weighted by Crippen LogP contribution is 2.18. The number of para-hydroxylation sites is 1. The summed E-state index contributed by atoms with van der Waals surface area (Å²) in [5.41, 5.74) is 5.89. The summed E-state index contributed by atoms with van der Waals surface area (Å²) in [4.78, 5) is 0. The van der Waals surface area contributed by atoms with Gasteiger partial charge in [-0.2, -0.15) is 0 Å². The standard InChI is InChI=1S/C15H15N.ClH/c1-2-7-14-11-16-15-8-4-3-6-13(15)10-9-12(14)5-1;/h1-8,16H,9-11H2;1H. The van der Waals surface area contributed by atoms with Crippen LogP contribution < -0.4 is 17.7 Å². The molecule has 88 valence electrons. The third-order valence-electron chi connectivity index (χ3n) is 3.38. The van der Waals surface area contributed by atoms with Crippen molar-refractivity contribution < 1.29 is 17.7 Å². The van der Waals surface area contributed by atoms with E-state index in [2.05, 4.69) is 53.8 Å². The molecule has 3 rings (SSSR count). The fourth-order valence-electron chi connectivity index (χ4n) is 2.45. The minimum atomic E-state index is 0. The summed E-state index contributed by atoms with van der Waals surface area (Å²) >= 11 is 0. The molecule has 2 N–H and O–H groups in total. The first-order valence-electron chi connectivity index (χ1n) is 5.91. The zero-order valence-corrected chi connectivity index (χ0v) is 10.5. The van der Waals surface area contributed by atoms with E-state index >= 15 is 0 Å². The molecule has 0 atom stereocenters. The van der Waals surface area contributed by atoms with E-state index in [1.165, 1.54) is 28.8 Å². The first kappa shape index (κ1) is 12.2. The summed E-state index contributed by atoms with van der Waals surface area (Å²) in [6.07, 6.45) is 2.32. The van der Waals surface area contributed by atoms with Gasteiger partial charge in [-0.15, -0.1) is 0 Å². The summed E-state index contributed by atoms with van der Waals surface area (Å²) in [5, 5.41) is 2.35. The number of nitrogens with two attached hydrogens (primary N) is 1. The lowest BCUT2D eigenvalue weighted by molar-refractivity contribution is -0.589. The highest BCUT2D eigenvalue weighted by molar-refractivity contribution is 5.41. The van der Waals surface area contributed by atoms with Gasteiger partial charge in [-0.3, -0.25) is 0 Å². The quantitative estimate of drug-likeness (QED) is 0.585. The Bertz CT molecular complexity index is 414. The molecule has 0 amide bonds. The molecule has 0 spiro atoms. The Balaban J connectivity index is 0.00000108. The Morgan fingerprint density at radius 3 is 2.12 bits per heavy atom. The van der Waals surface area contributed by atoms with Crippen LogP contribution in [-0.4, -0.2) is 0 Å². The second kappa shape index (κ2) is 5.35. The molecule has 2 aromatic carbocycles. The molecule has 2 aromatic rings. The third-order valence-corrected chi connectivity index (χ3v) is 3.38. The number of fused-ring (bicyclic) bond motifs is 2. The van der Waals surface area contributed by atoms with Crippen molar-refractivity contribution in [3.05, 3.63) is 65.2 Å². The van der Waals surface area contributed by atoms with Crippen LogP contribution in [0.2, 0.25) is 0 Å². The van der Waals surface area contributed by atoms with Gasteiger partial charge < -0.3 is 17.7 Å². The Morgan fingerprint density at radius 1 is 0.706 bits per heavy atom. The molecule has 0 saturated heterocycles. The van der Waals surface area contributed by atoms with Crippen LogP contribution in [0.3, 0.4) is 0 Å². The van der Waals surface area contributed by atoms with E-state index in [1.807, 2.05) is 0 Å². The average molecular weight is 246 g/mol. The molecule has 1 aliphatic heterocycles. The minimum Gasteiger partial charge on any atom is -1.00 e. The second-order valence-electron chi connectivity index (χ2n) is 4.38. The van der Waals surface area contributed by atoms with Gasteiger partial charge in [0.15, 0.2) is 0 Å². The molecule has 0 fully saturated rings. The number of aryl methyl sites for hydroxylation is 2. The number of quaternary nitrogens is 1. The lowest BCUT2D eigenvalue weighted by Crippen LogP contribution is -3.00. The van der Waals surface area contributed by atoms with E-state index in [1.54, 1.807) is 0 Å². The third kappa shape index (κ3) is 2.51. The highest BCUT2D eigenvalue weighted by Gasteiger charge is 2.12. The van der Waals surface area contributed by atoms with Crippen molar-refractivity contribution in [2.24, 2.45) is 0 Å². The number of rotatable bonds is 0. The summed E-state index contributed by atoms with van der Waals surface area (Å²) < 4.78 is 0. The van der Waals surface area contributed by atoms with E-state index in [0.717, 1.165) is 13.0 Å². The van der Waals surface area contributed by atoms with Gasteiger partial charge in [0, 0.05) is 11.1 Å². The van der Waals surface area contributed by atoms with Gasteiger partial charge in [-0.1, -0.05) is 42.5 Å². The van der Waals surface area contributed by atoms with E-state index in [9.17, 15) is 0 Å². The molecule has 0 radical (unpaired) electrons. The van der Waals surface area contributed by atoms with Crippen molar-refractivity contribution in [1.82, 2.24) is 0 Å². The Kier molecular flexibility index (Phi) is 3.82. The average Bonchev–Trinajstić information content (AvgIpc) is 2.32. The number of hydrogen-bond donors (Lipinski definition) is 1. The Morgan fingerprint density at radius 2 is 1.29 bits per heavy atom. The van der Waals surface area contributed by atoms with Crippen LogP contribution in [0.1, 0.15) is 16.7 Å². The Labute approximate surface area is 108 Å². The fraction of sp³-hybridized carbons (Fsp3) is 0.200. The molecule has 1 aliphatic rings. The van der Waals surface area contributed by atoms with Gasteiger partial charge in [0.1, 0.15) is 12.2 Å². The van der Waals surface area contributed by atoms with E-state index in [4.69, 9.17) is 0 Å². The largest absolute Gasteiger partial charge is 1.00 e. The molecule has 1 nitrogen and oxygen atoms in total. The van der Waals surface area contributed by atoms with Crippen LogP contribution in [0.25, 0.3) is 0 Å². The maximum absolute atomic E-state index is 2.35. The van der Waals surface area contributed by atoms with E-state index in [0.29, 0.717) is 0 Å². The summed E-state index contributed by atoms with van der Waals surface area (Å²) in [7, 11) is 0. The number of halogens is 1. The van der Waals surface area contributed by atoms with Crippen LogP contribution in [0.15, 0.2) is 48.5 Å². The van der Waals surface area contributed by atoms with Gasteiger partial charge >= 0.3 is 0 Å². The van der Waals surface area contributed by atoms with E-state index in [-0.39, 0.29) is 12.4 Å². The van der Waals surface area contributed by atoms with Gasteiger partial charge in [0.2, 0.25) is 0 Å². The van der Waals surface area contributed by atoms with Gasteiger partial charge in [0.25, 0.3) is 0 Å². The predicted molar refractivity (Wildman–Crippen MR) is 65.6 cm³/mol. The maximum Gasteiger partial charge on any atom is 0.133 e. The first-order valence-corrected chi connectivity index (χ1v) is 5.91. The molecule has 0 bridgehead atoms. The van der Waals surface area contributed by atoms with Crippen LogP contribution in [0, 0.1) is 0 Å². The molecular formula is C15H16ClN. The molecule has 0 aromatic heterocycles. The van der Waals surface area contributed by atoms with Crippen molar-refractivity contribution >= 4 is 5.69 Å². The first-order chi connectivity index (χ1) is 7.93. The zero-order chi connectivity index (χ0) is 10.8. The SMILES string of the molecule is [Cl-].c1ccc2c(c1)CCc1ccccc1[NH2+]C2. The van der Waals surface area contributed by atoms with Gasteiger partial charge in [0.05, 0.1) is 0 Å². The molecule has 1 heterocycles. The van der Waals surface area contributed by atoms with Crippen LogP contribution in [-0.2, 0) is 19.4 Å². The fourth-order valence-corrected chi connectivity index (χ4v) is 2.45. The summed E-state index contributed by atoms with van der Waals surface area (Å²) in [6, 6.07) is 17.5. The molecule has 0 unspecified atom stereocenters. The van der Waals surface area contributed by atoms with Crippen molar-refractivity contribution in [2.75, 3.05) is 0 Å². The Hall–Kier alpha value is -1.31. The minimum absolute atomic E-state index is 0. The van der Waals surface area contributed by atoms with Crippen LogP contribution in [0.4, 0.5) is 5.69 Å². The second-order valence-corrected chi connectivity index (χ2v) is 4.38. The predicted octanol–water partition coefficient (Wildman–Crippen LogP) is -0.816. The smallest absolute Gasteiger partial charge is 0.133 e. The van der Waals surface area contributed by atoms with Crippen molar-refractivity contribution in [3.63, 3.8) is 0 Å². The van der Waals surface area contributed by atoms with Crippen molar-refractivity contribution in [3.8, 4) is 0 Å². The molecule has 0 saturated carbocycles. The topological polar surface area (TPSA) is 16.6 Å². The van der Waals surface area contributed by atoms with E-state index < -0.39 is 0 Å². The number of benzene rings is 2. The van der Waals surface area contributed by atoms with Gasteiger partial charge in [-0.05, 0) is 24.5 Å². The lowest BCUT2D eigenvalue weighted by Gasteiger charge is -2.14. The summed E-state index contributed by atoms with van der Waals surface area (Å²) in [5.74, 6) is 0. The lowest BCUT2D eigenvalue weighted by atomic mass is 9.97. The summed E-state index contributed by atoms with van der Waals surface area (Å²) in [6.45, 7) is 1.06. The monoisotopic (exact) mass is 245 g/mol. The maximum atomic E-state index is 2.35. The van der Waals surface area contributed by atoms with Crippen LogP contribution in [0.5, 0.6) is 0 Å². The molecule has 2 heteroatoms. The molecule has 17 heavy (non-hydrogen) atoms. The van der Waals surface area contributed by atoms with Crippen molar-refractivity contribution in [1.29, 1.82) is 0 Å². The van der Waals surface area contributed by atoms with Gasteiger partial charge in [-0.25, -0.2) is 0 Å². The van der Waals surface area contributed by atoms with Crippen molar-refractivity contribution in [2.45, 2.75) is 19.4 Å². The molecule has 0 aliphatic carbocycles.